The van der Waals surface area contributed by atoms with Gasteiger partial charge in [-0.15, -0.1) is 11.8 Å². The van der Waals surface area contributed by atoms with Crippen LogP contribution in [0.4, 0.5) is 0 Å². The summed E-state index contributed by atoms with van der Waals surface area (Å²) in [6, 6.07) is 0. The minimum absolute atomic E-state index is 0.419. The lowest BCUT2D eigenvalue weighted by molar-refractivity contribution is 0.336. The smallest absolute Gasteiger partial charge is 0.0660 e. The molecule has 2 fully saturated rings. The van der Waals surface area contributed by atoms with Crippen LogP contribution in [0.25, 0.3) is 0 Å². The van der Waals surface area contributed by atoms with Crippen molar-refractivity contribution in [3.05, 3.63) is 0 Å². The maximum atomic E-state index is 3.76. The van der Waals surface area contributed by atoms with Gasteiger partial charge in [-0.3, -0.25) is 0 Å². The van der Waals surface area contributed by atoms with Gasteiger partial charge < -0.3 is 10.2 Å². The van der Waals surface area contributed by atoms with Gasteiger partial charge in [0.1, 0.15) is 0 Å². The van der Waals surface area contributed by atoms with Crippen molar-refractivity contribution in [1.29, 1.82) is 0 Å². The van der Waals surface area contributed by atoms with Crippen LogP contribution in [-0.4, -0.2) is 41.7 Å². The molecule has 0 saturated carbocycles. The van der Waals surface area contributed by atoms with Crippen LogP contribution in [0, 0.1) is 0 Å². The Bertz CT molecular complexity index is 198. The summed E-state index contributed by atoms with van der Waals surface area (Å²) in [5.74, 6) is 0. The summed E-state index contributed by atoms with van der Waals surface area (Å²) >= 11 is 2.19. The highest BCUT2D eigenvalue weighted by atomic mass is 32.2. The van der Waals surface area contributed by atoms with E-state index in [-0.39, 0.29) is 0 Å². The molecule has 2 unspecified atom stereocenters. The van der Waals surface area contributed by atoms with Crippen LogP contribution in [0.2, 0.25) is 0 Å². The summed E-state index contributed by atoms with van der Waals surface area (Å²) in [5.41, 5.74) is 0. The van der Waals surface area contributed by atoms with Crippen molar-refractivity contribution in [3.63, 3.8) is 0 Å². The standard InChI is InChI=1S/C11H22N2S/c1-10-4-7-12-11(14-10)5-3-8-13(2)9-6-11/h10,12H,3-9H2,1-2H3. The lowest BCUT2D eigenvalue weighted by atomic mass is 10.1. The molecule has 2 aliphatic rings. The highest BCUT2D eigenvalue weighted by molar-refractivity contribution is 8.01. The van der Waals surface area contributed by atoms with E-state index in [1.165, 1.54) is 45.3 Å². The van der Waals surface area contributed by atoms with E-state index in [1.807, 2.05) is 0 Å². The molecule has 1 spiro atoms. The molecule has 0 radical (unpaired) electrons. The van der Waals surface area contributed by atoms with Crippen LogP contribution in [0.5, 0.6) is 0 Å². The first-order valence-electron chi connectivity index (χ1n) is 5.82. The fourth-order valence-corrected chi connectivity index (χ4v) is 4.19. The summed E-state index contributed by atoms with van der Waals surface area (Å²) in [5, 5.41) is 4.61. The molecule has 2 atom stereocenters. The largest absolute Gasteiger partial charge is 0.306 e. The summed E-state index contributed by atoms with van der Waals surface area (Å²) < 4.78 is 0. The van der Waals surface area contributed by atoms with Gasteiger partial charge in [0.25, 0.3) is 0 Å². The zero-order valence-corrected chi connectivity index (χ0v) is 10.2. The maximum absolute atomic E-state index is 3.76. The summed E-state index contributed by atoms with van der Waals surface area (Å²) in [4.78, 5) is 2.89. The number of nitrogens with zero attached hydrogens (tertiary/aromatic N) is 1. The van der Waals surface area contributed by atoms with E-state index in [0.717, 1.165) is 5.25 Å². The van der Waals surface area contributed by atoms with E-state index in [4.69, 9.17) is 0 Å². The van der Waals surface area contributed by atoms with E-state index in [9.17, 15) is 0 Å². The summed E-state index contributed by atoms with van der Waals surface area (Å²) in [6.07, 6.45) is 5.36. The zero-order chi connectivity index (χ0) is 10.0. The van der Waals surface area contributed by atoms with E-state index in [0.29, 0.717) is 4.87 Å². The van der Waals surface area contributed by atoms with E-state index in [1.54, 1.807) is 0 Å². The second kappa shape index (κ2) is 4.42. The lowest BCUT2D eigenvalue weighted by Gasteiger charge is -2.40. The average Bonchev–Trinajstić information content (AvgIpc) is 2.30. The van der Waals surface area contributed by atoms with Crippen molar-refractivity contribution >= 4 is 11.8 Å². The van der Waals surface area contributed by atoms with E-state index in [2.05, 4.69) is 35.9 Å². The number of hydrogen-bond donors (Lipinski definition) is 1. The highest BCUT2D eigenvalue weighted by Gasteiger charge is 2.36. The van der Waals surface area contributed by atoms with Gasteiger partial charge in [-0.25, -0.2) is 0 Å². The quantitative estimate of drug-likeness (QED) is 0.663. The topological polar surface area (TPSA) is 15.3 Å². The van der Waals surface area contributed by atoms with Crippen molar-refractivity contribution in [2.45, 2.75) is 42.7 Å². The second-order valence-corrected chi connectivity index (χ2v) is 6.62. The van der Waals surface area contributed by atoms with Gasteiger partial charge in [0.05, 0.1) is 4.87 Å². The second-order valence-electron chi connectivity index (χ2n) is 4.80. The first-order valence-corrected chi connectivity index (χ1v) is 6.70. The zero-order valence-electron chi connectivity index (χ0n) is 9.38. The SMILES string of the molecule is CC1CCNC2(CCCN(C)CC2)S1. The molecule has 0 bridgehead atoms. The first-order chi connectivity index (χ1) is 6.70. The molecule has 14 heavy (non-hydrogen) atoms. The van der Waals surface area contributed by atoms with Crippen molar-refractivity contribution < 1.29 is 0 Å². The van der Waals surface area contributed by atoms with Gasteiger partial charge in [-0.2, -0.15) is 0 Å². The predicted octanol–water partition coefficient (Wildman–Crippen LogP) is 1.91. The fraction of sp³-hybridized carbons (Fsp3) is 1.00. The van der Waals surface area contributed by atoms with Crippen LogP contribution in [-0.2, 0) is 0 Å². The first kappa shape index (κ1) is 10.8. The molecule has 0 aromatic rings. The molecule has 2 saturated heterocycles. The Morgan fingerprint density at radius 2 is 2.21 bits per heavy atom. The van der Waals surface area contributed by atoms with Gasteiger partial charge in [-0.1, -0.05) is 6.92 Å². The number of nitrogens with one attached hydrogen (secondary N) is 1. The Balaban J connectivity index is 1.99. The van der Waals surface area contributed by atoms with Gasteiger partial charge in [0, 0.05) is 11.8 Å². The third-order valence-corrected chi connectivity index (χ3v) is 5.08. The molecule has 0 aromatic heterocycles. The third-order valence-electron chi connectivity index (χ3n) is 3.44. The van der Waals surface area contributed by atoms with Crippen LogP contribution in [0.1, 0.15) is 32.6 Å². The van der Waals surface area contributed by atoms with Crippen LogP contribution in [0.15, 0.2) is 0 Å². The van der Waals surface area contributed by atoms with Crippen molar-refractivity contribution in [2.24, 2.45) is 0 Å². The third kappa shape index (κ3) is 2.44. The predicted molar refractivity (Wildman–Crippen MR) is 63.8 cm³/mol. The maximum Gasteiger partial charge on any atom is 0.0660 e. The summed E-state index contributed by atoms with van der Waals surface area (Å²) in [7, 11) is 2.25. The monoisotopic (exact) mass is 214 g/mol. The van der Waals surface area contributed by atoms with Gasteiger partial charge in [-0.05, 0) is 45.8 Å². The number of hydrogen-bond acceptors (Lipinski definition) is 3. The van der Waals surface area contributed by atoms with E-state index < -0.39 is 0 Å². The Labute approximate surface area is 91.8 Å². The van der Waals surface area contributed by atoms with E-state index >= 15 is 0 Å². The van der Waals surface area contributed by atoms with Gasteiger partial charge >= 0.3 is 0 Å². The van der Waals surface area contributed by atoms with Crippen molar-refractivity contribution in [1.82, 2.24) is 10.2 Å². The highest BCUT2D eigenvalue weighted by Crippen LogP contribution is 2.39. The van der Waals surface area contributed by atoms with Crippen LogP contribution < -0.4 is 5.32 Å². The number of thioether (sulfide) groups is 1. The molecule has 0 aromatic carbocycles. The number of rotatable bonds is 0. The molecule has 0 aliphatic carbocycles. The Hall–Kier alpha value is 0.270. The average molecular weight is 214 g/mol. The van der Waals surface area contributed by atoms with Crippen LogP contribution >= 0.6 is 11.8 Å². The molecular formula is C11H22N2S. The molecule has 82 valence electrons. The minimum Gasteiger partial charge on any atom is -0.306 e. The van der Waals surface area contributed by atoms with Gasteiger partial charge in [0.15, 0.2) is 0 Å². The Morgan fingerprint density at radius 3 is 3.00 bits per heavy atom. The Kier molecular flexibility index (Phi) is 3.40. The summed E-state index contributed by atoms with van der Waals surface area (Å²) in [6.45, 7) is 6.13. The normalized spacial score (nSPS) is 41.1. The minimum atomic E-state index is 0.419. The molecule has 2 heterocycles. The molecule has 0 amide bonds. The number of likely N-dealkylation sites (tertiary alicyclic amines) is 1. The fourth-order valence-electron chi connectivity index (χ4n) is 2.53. The van der Waals surface area contributed by atoms with Crippen LogP contribution in [0.3, 0.4) is 0 Å². The Morgan fingerprint density at radius 1 is 1.36 bits per heavy atom. The molecule has 3 heteroatoms. The lowest BCUT2D eigenvalue weighted by Crippen LogP contribution is -2.48. The molecule has 1 N–H and O–H groups in total. The molecule has 2 nitrogen and oxygen atoms in total. The molecule has 2 rings (SSSR count). The van der Waals surface area contributed by atoms with Crippen molar-refractivity contribution in [3.8, 4) is 0 Å². The van der Waals surface area contributed by atoms with Crippen molar-refractivity contribution in [2.75, 3.05) is 26.7 Å². The van der Waals surface area contributed by atoms with Gasteiger partial charge in [0.2, 0.25) is 0 Å². The molecule has 2 aliphatic heterocycles. The molecular weight excluding hydrogens is 192 g/mol.